The Kier molecular flexibility index (Phi) is 7.77. The third-order valence-corrected chi connectivity index (χ3v) is 8.39. The van der Waals surface area contributed by atoms with E-state index in [1.165, 1.54) is 4.31 Å². The summed E-state index contributed by atoms with van der Waals surface area (Å²) in [6, 6.07) is 14.2. The van der Waals surface area contributed by atoms with E-state index in [1.54, 1.807) is 31.2 Å². The minimum Gasteiger partial charge on any atom is -0.487 e. The molecule has 10 heteroatoms. The number of aliphatic carboxylic acids is 1. The first-order valence-corrected chi connectivity index (χ1v) is 13.3. The van der Waals surface area contributed by atoms with Gasteiger partial charge in [0.1, 0.15) is 30.4 Å². The number of para-hydroxylation sites is 1. The molecule has 1 atom stereocenters. The molecule has 1 aliphatic heterocycles. The molecule has 4 rings (SSSR count). The van der Waals surface area contributed by atoms with Crippen LogP contribution in [-0.4, -0.2) is 52.7 Å². The van der Waals surface area contributed by atoms with Crippen molar-refractivity contribution in [1.82, 2.24) is 13.6 Å². The minimum absolute atomic E-state index is 0.114. The Balaban J connectivity index is 1.57. The van der Waals surface area contributed by atoms with E-state index in [-0.39, 0.29) is 6.61 Å². The Morgan fingerprint density at radius 2 is 1.81 bits per heavy atom. The fourth-order valence-electron chi connectivity index (χ4n) is 4.26. The summed E-state index contributed by atoms with van der Waals surface area (Å²) in [6.07, 6.45) is 1.52. The average Bonchev–Trinajstić information content (AvgIpc) is 3.52. The molecule has 1 unspecified atom stereocenters. The summed E-state index contributed by atoms with van der Waals surface area (Å²) in [4.78, 5) is 16.2. The quantitative estimate of drug-likeness (QED) is 0.429. The molecule has 36 heavy (non-hydrogen) atoms. The van der Waals surface area contributed by atoms with Gasteiger partial charge in [-0.1, -0.05) is 35.9 Å². The summed E-state index contributed by atoms with van der Waals surface area (Å²) in [7, 11) is -3.96. The molecule has 0 amide bonds. The SMILES string of the molecule is Cc1ccc(-c2nc(COc3ccccc3C(C)N(CC(=O)O)S(=O)(=O)N3CCCC3)c(C)o2)cc1. The zero-order chi connectivity index (χ0) is 25.9. The number of carbonyl (C=O) groups is 1. The number of carboxylic acid groups (broad SMARTS) is 1. The molecule has 1 N–H and O–H groups in total. The molecule has 9 nitrogen and oxygen atoms in total. The van der Waals surface area contributed by atoms with Crippen LogP contribution in [0.15, 0.2) is 52.9 Å². The molecule has 0 aliphatic carbocycles. The van der Waals surface area contributed by atoms with Crippen molar-refractivity contribution in [1.29, 1.82) is 0 Å². The summed E-state index contributed by atoms with van der Waals surface area (Å²) >= 11 is 0. The molecular weight excluding hydrogens is 482 g/mol. The molecule has 0 saturated carbocycles. The molecule has 1 saturated heterocycles. The third kappa shape index (κ3) is 5.61. The highest BCUT2D eigenvalue weighted by atomic mass is 32.2. The van der Waals surface area contributed by atoms with Gasteiger partial charge >= 0.3 is 5.97 Å². The van der Waals surface area contributed by atoms with Crippen molar-refractivity contribution in [3.8, 4) is 17.2 Å². The number of hydrogen-bond donors (Lipinski definition) is 1. The first-order chi connectivity index (χ1) is 17.2. The Bertz CT molecular complexity index is 1310. The first kappa shape index (κ1) is 25.9. The lowest BCUT2D eigenvalue weighted by atomic mass is 10.1. The lowest BCUT2D eigenvalue weighted by molar-refractivity contribution is -0.137. The minimum atomic E-state index is -3.96. The predicted octanol–water partition coefficient (Wildman–Crippen LogP) is 4.33. The van der Waals surface area contributed by atoms with Gasteiger partial charge in [-0.05, 0) is 51.8 Å². The van der Waals surface area contributed by atoms with Gasteiger partial charge in [0, 0.05) is 24.2 Å². The van der Waals surface area contributed by atoms with Crippen LogP contribution in [0.3, 0.4) is 0 Å². The maximum Gasteiger partial charge on any atom is 0.318 e. The standard InChI is InChI=1S/C26H31N3O6S/c1-18-10-12-21(13-11-18)26-27-23(20(3)35-26)17-34-24-9-5-4-8-22(24)19(2)29(16-25(30)31)36(32,33)28-14-6-7-15-28/h4-5,8-13,19H,6-7,14-17H2,1-3H3,(H,30,31). The van der Waals surface area contributed by atoms with Crippen LogP contribution in [0.25, 0.3) is 11.5 Å². The molecule has 1 aromatic heterocycles. The van der Waals surface area contributed by atoms with Crippen molar-refractivity contribution >= 4 is 16.2 Å². The molecule has 1 fully saturated rings. The van der Waals surface area contributed by atoms with Gasteiger partial charge in [-0.2, -0.15) is 17.0 Å². The number of hydrogen-bond acceptors (Lipinski definition) is 6. The molecule has 0 bridgehead atoms. The predicted molar refractivity (Wildman–Crippen MR) is 135 cm³/mol. The molecule has 2 aromatic carbocycles. The van der Waals surface area contributed by atoms with E-state index in [0.717, 1.165) is 28.3 Å². The van der Waals surface area contributed by atoms with Crippen LogP contribution in [-0.2, 0) is 21.6 Å². The zero-order valence-electron chi connectivity index (χ0n) is 20.7. The van der Waals surface area contributed by atoms with E-state index in [0.29, 0.717) is 41.7 Å². The summed E-state index contributed by atoms with van der Waals surface area (Å²) in [5, 5.41) is 9.47. The zero-order valence-corrected chi connectivity index (χ0v) is 21.5. The van der Waals surface area contributed by atoms with Gasteiger partial charge in [-0.25, -0.2) is 4.98 Å². The summed E-state index contributed by atoms with van der Waals surface area (Å²) in [5.74, 6) is 0.360. The fraction of sp³-hybridized carbons (Fsp3) is 0.385. The average molecular weight is 514 g/mol. The number of rotatable bonds is 10. The molecule has 192 valence electrons. The van der Waals surface area contributed by atoms with Gasteiger partial charge < -0.3 is 14.3 Å². The second-order valence-electron chi connectivity index (χ2n) is 8.94. The van der Waals surface area contributed by atoms with Gasteiger partial charge in [-0.15, -0.1) is 0 Å². The van der Waals surface area contributed by atoms with E-state index in [1.807, 2.05) is 38.1 Å². The highest BCUT2D eigenvalue weighted by molar-refractivity contribution is 7.86. The van der Waals surface area contributed by atoms with E-state index in [4.69, 9.17) is 9.15 Å². The van der Waals surface area contributed by atoms with Crippen molar-refractivity contribution in [2.45, 2.75) is 46.3 Å². The highest BCUT2D eigenvalue weighted by Crippen LogP contribution is 2.33. The molecule has 0 radical (unpaired) electrons. The van der Waals surface area contributed by atoms with Crippen molar-refractivity contribution in [3.05, 3.63) is 71.1 Å². The van der Waals surface area contributed by atoms with Crippen LogP contribution in [0.1, 0.15) is 48.4 Å². The van der Waals surface area contributed by atoms with Crippen LogP contribution in [0.5, 0.6) is 5.75 Å². The smallest absolute Gasteiger partial charge is 0.318 e. The third-order valence-electron chi connectivity index (χ3n) is 6.34. The van der Waals surface area contributed by atoms with Crippen molar-refractivity contribution in [3.63, 3.8) is 0 Å². The summed E-state index contributed by atoms with van der Waals surface area (Å²) in [5.41, 5.74) is 3.20. The number of carboxylic acids is 1. The largest absolute Gasteiger partial charge is 0.487 e. The normalized spacial score (nSPS) is 15.3. The molecular formula is C26H31N3O6S. The van der Waals surface area contributed by atoms with E-state index < -0.39 is 28.8 Å². The van der Waals surface area contributed by atoms with Gasteiger partial charge in [-0.3, -0.25) is 4.79 Å². The van der Waals surface area contributed by atoms with Crippen molar-refractivity contribution < 1.29 is 27.5 Å². The number of aromatic nitrogens is 1. The van der Waals surface area contributed by atoms with Crippen LogP contribution in [0, 0.1) is 13.8 Å². The van der Waals surface area contributed by atoms with E-state index in [2.05, 4.69) is 4.98 Å². The Labute approximate surface area is 211 Å². The first-order valence-electron chi connectivity index (χ1n) is 11.9. The van der Waals surface area contributed by atoms with Crippen LogP contribution in [0.4, 0.5) is 0 Å². The second-order valence-corrected chi connectivity index (χ2v) is 10.8. The van der Waals surface area contributed by atoms with Crippen molar-refractivity contribution in [2.24, 2.45) is 0 Å². The molecule has 1 aliphatic rings. The van der Waals surface area contributed by atoms with E-state index >= 15 is 0 Å². The van der Waals surface area contributed by atoms with Gasteiger partial charge in [0.15, 0.2) is 0 Å². The number of ether oxygens (including phenoxy) is 1. The maximum atomic E-state index is 13.3. The Hall–Kier alpha value is -3.21. The summed E-state index contributed by atoms with van der Waals surface area (Å²) in [6.45, 7) is 5.75. The molecule has 0 spiro atoms. The molecule has 2 heterocycles. The van der Waals surface area contributed by atoms with Gasteiger partial charge in [0.2, 0.25) is 5.89 Å². The fourth-order valence-corrected chi connectivity index (χ4v) is 6.06. The number of nitrogens with zero attached hydrogens (tertiary/aromatic N) is 3. The monoisotopic (exact) mass is 513 g/mol. The van der Waals surface area contributed by atoms with Crippen LogP contribution < -0.4 is 4.74 Å². The van der Waals surface area contributed by atoms with Crippen LogP contribution >= 0.6 is 0 Å². The van der Waals surface area contributed by atoms with Crippen LogP contribution in [0.2, 0.25) is 0 Å². The van der Waals surface area contributed by atoms with E-state index in [9.17, 15) is 18.3 Å². The van der Waals surface area contributed by atoms with Gasteiger partial charge in [0.25, 0.3) is 10.2 Å². The van der Waals surface area contributed by atoms with Crippen molar-refractivity contribution in [2.75, 3.05) is 19.6 Å². The lowest BCUT2D eigenvalue weighted by Crippen LogP contribution is -2.46. The highest BCUT2D eigenvalue weighted by Gasteiger charge is 2.37. The van der Waals surface area contributed by atoms with Gasteiger partial charge in [0.05, 0.1) is 6.04 Å². The Morgan fingerprint density at radius 3 is 2.47 bits per heavy atom. The number of benzene rings is 2. The number of oxazole rings is 1. The number of aryl methyl sites for hydroxylation is 2. The molecule has 3 aromatic rings. The Morgan fingerprint density at radius 1 is 1.14 bits per heavy atom. The maximum absolute atomic E-state index is 13.3. The summed E-state index contributed by atoms with van der Waals surface area (Å²) < 4.78 is 40.9. The second kappa shape index (κ2) is 10.8. The topological polar surface area (TPSA) is 113 Å². The lowest BCUT2D eigenvalue weighted by Gasteiger charge is -2.31.